The molecule has 9 heteroatoms. The van der Waals surface area contributed by atoms with Crippen LogP contribution in [0.1, 0.15) is 25.0 Å². The van der Waals surface area contributed by atoms with Gasteiger partial charge in [0, 0.05) is 13.6 Å². The topological polar surface area (TPSA) is 87.2 Å². The van der Waals surface area contributed by atoms with Crippen LogP contribution < -0.4 is 5.73 Å². The van der Waals surface area contributed by atoms with Crippen LogP contribution in [0, 0.1) is 16.7 Å². The van der Waals surface area contributed by atoms with Crippen LogP contribution in [0.5, 0.6) is 0 Å². The Kier molecular flexibility index (Phi) is 5.46. The first kappa shape index (κ1) is 19.4. The molecule has 128 valence electrons. The van der Waals surface area contributed by atoms with Crippen molar-refractivity contribution in [2.75, 3.05) is 20.1 Å². The molecule has 0 amide bonds. The Bertz CT molecular complexity index is 722. The van der Waals surface area contributed by atoms with E-state index < -0.39 is 37.6 Å². The van der Waals surface area contributed by atoms with Gasteiger partial charge in [-0.1, -0.05) is 13.8 Å². The summed E-state index contributed by atoms with van der Waals surface area (Å²) in [6, 6.07) is 3.75. The quantitative estimate of drug-likeness (QED) is 0.883. The van der Waals surface area contributed by atoms with Gasteiger partial charge in [-0.05, 0) is 30.2 Å². The molecule has 0 aromatic heterocycles. The summed E-state index contributed by atoms with van der Waals surface area (Å²) in [5.74, 6) is 0. The summed E-state index contributed by atoms with van der Waals surface area (Å²) in [4.78, 5) is -0.515. The maximum Gasteiger partial charge on any atom is 0.417 e. The molecule has 1 aromatic carbocycles. The Hall–Kier alpha value is -1.63. The number of alkyl halides is 3. The van der Waals surface area contributed by atoms with E-state index >= 15 is 0 Å². The molecule has 0 aliphatic carbocycles. The Morgan fingerprint density at radius 3 is 2.30 bits per heavy atom. The van der Waals surface area contributed by atoms with E-state index in [2.05, 4.69) is 0 Å². The smallest absolute Gasteiger partial charge is 0.330 e. The summed E-state index contributed by atoms with van der Waals surface area (Å²) < 4.78 is 64.7. The van der Waals surface area contributed by atoms with E-state index in [4.69, 9.17) is 11.0 Å². The SMILES string of the molecule is CN(CC(C)(C)CN)S(=O)(=O)c1ccc(C#N)c(C(F)(F)F)c1. The van der Waals surface area contributed by atoms with Crippen LogP contribution in [-0.4, -0.2) is 32.9 Å². The van der Waals surface area contributed by atoms with E-state index in [0.29, 0.717) is 6.07 Å². The molecule has 0 atom stereocenters. The molecule has 0 unspecified atom stereocenters. The van der Waals surface area contributed by atoms with Gasteiger partial charge in [-0.3, -0.25) is 0 Å². The van der Waals surface area contributed by atoms with Gasteiger partial charge in [-0.25, -0.2) is 12.7 Å². The number of nitrogens with two attached hydrogens (primary N) is 1. The zero-order valence-electron chi connectivity index (χ0n) is 13.0. The van der Waals surface area contributed by atoms with Crippen molar-refractivity contribution in [3.8, 4) is 6.07 Å². The van der Waals surface area contributed by atoms with Gasteiger partial charge in [-0.15, -0.1) is 0 Å². The molecule has 0 aliphatic rings. The van der Waals surface area contributed by atoms with E-state index in [1.165, 1.54) is 13.1 Å². The molecule has 0 heterocycles. The summed E-state index contributed by atoms with van der Waals surface area (Å²) in [5.41, 5.74) is 3.13. The molecular formula is C14H18F3N3O2S. The first-order valence-corrected chi connectivity index (χ1v) is 8.07. The molecule has 1 rings (SSSR count). The third-order valence-corrected chi connectivity index (χ3v) is 5.13. The van der Waals surface area contributed by atoms with Crippen molar-refractivity contribution in [1.82, 2.24) is 4.31 Å². The van der Waals surface area contributed by atoms with Crippen molar-refractivity contribution in [1.29, 1.82) is 5.26 Å². The van der Waals surface area contributed by atoms with Crippen LogP contribution in [0.25, 0.3) is 0 Å². The molecule has 5 nitrogen and oxygen atoms in total. The fourth-order valence-corrected chi connectivity index (χ4v) is 3.33. The van der Waals surface area contributed by atoms with Gasteiger partial charge in [0.05, 0.1) is 22.1 Å². The Morgan fingerprint density at radius 2 is 1.87 bits per heavy atom. The van der Waals surface area contributed by atoms with Gasteiger partial charge < -0.3 is 5.73 Å². The molecule has 0 fully saturated rings. The number of nitrogens with zero attached hydrogens (tertiary/aromatic N) is 2. The fourth-order valence-electron chi connectivity index (χ4n) is 1.95. The highest BCUT2D eigenvalue weighted by molar-refractivity contribution is 7.89. The van der Waals surface area contributed by atoms with Gasteiger partial charge in [0.1, 0.15) is 0 Å². The van der Waals surface area contributed by atoms with Crippen molar-refractivity contribution in [2.24, 2.45) is 11.1 Å². The molecule has 0 bridgehead atoms. The van der Waals surface area contributed by atoms with Crippen LogP contribution in [0.4, 0.5) is 13.2 Å². The van der Waals surface area contributed by atoms with E-state index in [-0.39, 0.29) is 13.1 Å². The zero-order chi connectivity index (χ0) is 18.1. The lowest BCUT2D eigenvalue weighted by Crippen LogP contribution is -2.39. The average molecular weight is 349 g/mol. The van der Waals surface area contributed by atoms with Gasteiger partial charge in [0.2, 0.25) is 10.0 Å². The van der Waals surface area contributed by atoms with Crippen LogP contribution in [0.2, 0.25) is 0 Å². The van der Waals surface area contributed by atoms with Crippen molar-refractivity contribution in [3.63, 3.8) is 0 Å². The van der Waals surface area contributed by atoms with Crippen molar-refractivity contribution in [2.45, 2.75) is 24.9 Å². The molecular weight excluding hydrogens is 331 g/mol. The van der Waals surface area contributed by atoms with Crippen molar-refractivity contribution < 1.29 is 21.6 Å². The standard InChI is InChI=1S/C14H18F3N3O2S/c1-13(2,8-19)9-20(3)23(21,22)11-5-4-10(7-18)12(6-11)14(15,16)17/h4-6H,8-9,19H2,1-3H3. The van der Waals surface area contributed by atoms with Crippen LogP contribution in [0.3, 0.4) is 0 Å². The highest BCUT2D eigenvalue weighted by atomic mass is 32.2. The van der Waals surface area contributed by atoms with Gasteiger partial charge >= 0.3 is 6.18 Å². The van der Waals surface area contributed by atoms with Crippen LogP contribution in [-0.2, 0) is 16.2 Å². The summed E-state index contributed by atoms with van der Waals surface area (Å²) in [6.07, 6.45) is -4.81. The van der Waals surface area contributed by atoms with Gasteiger partial charge in [-0.2, -0.15) is 18.4 Å². The first-order chi connectivity index (χ1) is 10.3. The molecule has 2 N–H and O–H groups in total. The molecule has 0 aliphatic heterocycles. The molecule has 0 radical (unpaired) electrons. The minimum absolute atomic E-state index is 0.0488. The predicted molar refractivity (Wildman–Crippen MR) is 78.8 cm³/mol. The molecule has 23 heavy (non-hydrogen) atoms. The van der Waals surface area contributed by atoms with E-state index in [1.807, 2.05) is 0 Å². The predicted octanol–water partition coefficient (Wildman–Crippen LogP) is 2.18. The summed E-state index contributed by atoms with van der Waals surface area (Å²) >= 11 is 0. The highest BCUT2D eigenvalue weighted by Crippen LogP contribution is 2.34. The van der Waals surface area contributed by atoms with Gasteiger partial charge in [0.15, 0.2) is 0 Å². The monoisotopic (exact) mass is 349 g/mol. The lowest BCUT2D eigenvalue weighted by atomic mass is 9.94. The maximum absolute atomic E-state index is 13.0. The number of rotatable bonds is 5. The van der Waals surface area contributed by atoms with E-state index in [0.717, 1.165) is 16.4 Å². The Morgan fingerprint density at radius 1 is 1.30 bits per heavy atom. The summed E-state index contributed by atoms with van der Waals surface area (Å²) in [6.45, 7) is 3.76. The second-order valence-electron chi connectivity index (χ2n) is 5.95. The number of benzene rings is 1. The second-order valence-corrected chi connectivity index (χ2v) is 7.99. The number of sulfonamides is 1. The Balaban J connectivity index is 3.33. The van der Waals surface area contributed by atoms with Crippen molar-refractivity contribution in [3.05, 3.63) is 29.3 Å². The molecule has 0 saturated carbocycles. The van der Waals surface area contributed by atoms with Gasteiger partial charge in [0.25, 0.3) is 0 Å². The molecule has 0 spiro atoms. The molecule has 1 aromatic rings. The van der Waals surface area contributed by atoms with Crippen molar-refractivity contribution >= 4 is 10.0 Å². The van der Waals surface area contributed by atoms with E-state index in [1.54, 1.807) is 13.8 Å². The van der Waals surface area contributed by atoms with E-state index in [9.17, 15) is 21.6 Å². The maximum atomic E-state index is 13.0. The zero-order valence-corrected chi connectivity index (χ0v) is 13.8. The number of hydrogen-bond donors (Lipinski definition) is 1. The lowest BCUT2D eigenvalue weighted by Gasteiger charge is -2.28. The fraction of sp³-hybridized carbons (Fsp3) is 0.500. The normalized spacial score (nSPS) is 13.2. The minimum atomic E-state index is -4.81. The number of nitriles is 1. The minimum Gasteiger partial charge on any atom is -0.330 e. The summed E-state index contributed by atoms with van der Waals surface area (Å²) in [5, 5.41) is 8.75. The third kappa shape index (κ3) is 4.43. The highest BCUT2D eigenvalue weighted by Gasteiger charge is 2.36. The van der Waals surface area contributed by atoms with Crippen LogP contribution >= 0.6 is 0 Å². The average Bonchev–Trinajstić information content (AvgIpc) is 2.45. The first-order valence-electron chi connectivity index (χ1n) is 6.63. The number of halogens is 3. The second kappa shape index (κ2) is 6.47. The third-order valence-electron chi connectivity index (χ3n) is 3.33. The summed E-state index contributed by atoms with van der Waals surface area (Å²) in [7, 11) is -2.85. The largest absolute Gasteiger partial charge is 0.417 e. The Labute approximate surface area is 133 Å². The van der Waals surface area contributed by atoms with Crippen LogP contribution in [0.15, 0.2) is 23.1 Å². The molecule has 0 saturated heterocycles. The number of hydrogen-bond acceptors (Lipinski definition) is 4. The lowest BCUT2D eigenvalue weighted by molar-refractivity contribution is -0.137.